The second-order valence-corrected chi connectivity index (χ2v) is 8.23. The molecule has 1 aliphatic heterocycles. The Morgan fingerprint density at radius 2 is 1.62 bits per heavy atom. The van der Waals surface area contributed by atoms with Crippen molar-refractivity contribution < 1.29 is 9.59 Å². The third-order valence-corrected chi connectivity index (χ3v) is 6.09. The number of nitrogens with one attached hydrogen (secondary N) is 2. The second-order valence-electron chi connectivity index (χ2n) is 8.23. The van der Waals surface area contributed by atoms with Crippen molar-refractivity contribution in [2.24, 2.45) is 0 Å². The lowest BCUT2D eigenvalue weighted by molar-refractivity contribution is -0.128. The molecule has 2 atom stereocenters. The molecule has 2 N–H and O–H groups in total. The Balaban J connectivity index is 1.59. The van der Waals surface area contributed by atoms with Crippen LogP contribution in [0.15, 0.2) is 78.9 Å². The van der Waals surface area contributed by atoms with E-state index in [0.717, 1.165) is 34.4 Å². The molecule has 1 heterocycles. The summed E-state index contributed by atoms with van der Waals surface area (Å²) in [5.41, 5.74) is 5.39. The zero-order valence-corrected chi connectivity index (χ0v) is 18.5. The highest BCUT2D eigenvalue weighted by Gasteiger charge is 2.32. The van der Waals surface area contributed by atoms with Gasteiger partial charge in [-0.3, -0.25) is 9.59 Å². The Labute approximate surface area is 189 Å². The molecule has 0 bridgehead atoms. The van der Waals surface area contributed by atoms with Crippen molar-refractivity contribution in [2.75, 3.05) is 11.9 Å². The van der Waals surface area contributed by atoms with E-state index in [2.05, 4.69) is 53.1 Å². The average molecular weight is 428 g/mol. The summed E-state index contributed by atoms with van der Waals surface area (Å²) in [7, 11) is 1.74. The van der Waals surface area contributed by atoms with Crippen LogP contribution in [0.2, 0.25) is 0 Å². The van der Waals surface area contributed by atoms with E-state index in [9.17, 15) is 9.59 Å². The molecule has 1 aliphatic rings. The molecule has 5 nitrogen and oxygen atoms in total. The van der Waals surface area contributed by atoms with E-state index in [1.807, 2.05) is 41.3 Å². The maximum absolute atomic E-state index is 13.5. The predicted molar refractivity (Wildman–Crippen MR) is 128 cm³/mol. The number of hydrogen-bond acceptors (Lipinski definition) is 3. The lowest BCUT2D eigenvalue weighted by Crippen LogP contribution is -2.52. The molecule has 0 aliphatic carbocycles. The van der Waals surface area contributed by atoms with Crippen molar-refractivity contribution in [1.29, 1.82) is 0 Å². The number of fused-ring (bicyclic) bond motifs is 1. The molecule has 2 amide bonds. The molecule has 0 saturated carbocycles. The van der Waals surface area contributed by atoms with Gasteiger partial charge in [0.1, 0.15) is 6.04 Å². The number of amides is 2. The van der Waals surface area contributed by atoms with E-state index in [1.54, 1.807) is 14.0 Å². The van der Waals surface area contributed by atoms with Gasteiger partial charge in [-0.15, -0.1) is 0 Å². The summed E-state index contributed by atoms with van der Waals surface area (Å²) >= 11 is 0. The van der Waals surface area contributed by atoms with Crippen molar-refractivity contribution in [1.82, 2.24) is 10.6 Å². The quantitative estimate of drug-likeness (QED) is 0.627. The van der Waals surface area contributed by atoms with Crippen molar-refractivity contribution >= 4 is 17.5 Å². The molecule has 3 aromatic carbocycles. The minimum Gasteiger partial charge on any atom is -0.343 e. The molecular weight excluding hydrogens is 398 g/mol. The molecule has 5 heteroatoms. The number of aryl methyl sites for hydroxylation is 1. The summed E-state index contributed by atoms with van der Waals surface area (Å²) in [6.45, 7) is 2.25. The Morgan fingerprint density at radius 3 is 2.34 bits per heavy atom. The molecule has 0 aromatic heterocycles. The van der Waals surface area contributed by atoms with Crippen molar-refractivity contribution in [3.63, 3.8) is 0 Å². The third kappa shape index (κ3) is 4.73. The minimum absolute atomic E-state index is 0.0706. The van der Waals surface area contributed by atoms with Gasteiger partial charge in [-0.05, 0) is 55.1 Å². The number of likely N-dealkylation sites (N-methyl/N-ethyl adjacent to an activating group) is 1. The first-order valence-electron chi connectivity index (χ1n) is 11.1. The van der Waals surface area contributed by atoms with Crippen LogP contribution in [0.5, 0.6) is 0 Å². The number of para-hydroxylation sites is 1. The Bertz CT molecular complexity index is 1080. The number of nitrogens with zero attached hydrogens (tertiary/aromatic N) is 1. The van der Waals surface area contributed by atoms with Gasteiger partial charge in [0.25, 0.3) is 0 Å². The number of benzene rings is 3. The van der Waals surface area contributed by atoms with Crippen molar-refractivity contribution in [3.05, 3.63) is 90.0 Å². The van der Waals surface area contributed by atoms with Gasteiger partial charge in [0, 0.05) is 5.69 Å². The Morgan fingerprint density at radius 1 is 0.969 bits per heavy atom. The molecule has 0 saturated heterocycles. The highest BCUT2D eigenvalue weighted by molar-refractivity contribution is 6.00. The summed E-state index contributed by atoms with van der Waals surface area (Å²) in [5.74, 6) is -0.234. The van der Waals surface area contributed by atoms with Crippen LogP contribution in [-0.2, 0) is 22.6 Å². The van der Waals surface area contributed by atoms with E-state index in [1.165, 1.54) is 0 Å². The molecule has 32 heavy (non-hydrogen) atoms. The Hall–Kier alpha value is -3.44. The standard InChI is InChI=1S/C27H29N3O2/c1-19(28-2)26(31)29-24-17-16-23-10-6-7-11-25(23)30(27(24)32)18-20-12-14-22(15-13-20)21-8-4-3-5-9-21/h3-15,19,24,28H,16-18H2,1-2H3,(H,29,31)/t19-,24?/m0/s1. The molecule has 0 radical (unpaired) electrons. The fourth-order valence-corrected chi connectivity index (χ4v) is 4.06. The zero-order chi connectivity index (χ0) is 22.5. The lowest BCUT2D eigenvalue weighted by atomic mass is 10.0. The third-order valence-electron chi connectivity index (χ3n) is 6.09. The average Bonchev–Trinajstić information content (AvgIpc) is 2.97. The van der Waals surface area contributed by atoms with E-state index in [0.29, 0.717) is 13.0 Å². The first-order chi connectivity index (χ1) is 15.6. The first-order valence-corrected chi connectivity index (χ1v) is 11.1. The molecule has 1 unspecified atom stereocenters. The van der Waals surface area contributed by atoms with Crippen LogP contribution in [-0.4, -0.2) is 30.9 Å². The van der Waals surface area contributed by atoms with Crippen LogP contribution in [0, 0.1) is 0 Å². The van der Waals surface area contributed by atoms with Gasteiger partial charge in [-0.1, -0.05) is 72.8 Å². The fourth-order valence-electron chi connectivity index (χ4n) is 4.06. The van der Waals surface area contributed by atoms with Crippen LogP contribution in [0.3, 0.4) is 0 Å². The molecule has 4 rings (SSSR count). The van der Waals surface area contributed by atoms with Crippen LogP contribution >= 0.6 is 0 Å². The SMILES string of the molecule is CN[C@@H](C)C(=O)NC1CCc2ccccc2N(Cc2ccc(-c3ccccc3)cc2)C1=O. The second kappa shape index (κ2) is 9.79. The topological polar surface area (TPSA) is 61.4 Å². The number of carbonyl (C=O) groups excluding carboxylic acids is 2. The maximum Gasteiger partial charge on any atom is 0.249 e. The molecule has 164 valence electrons. The monoisotopic (exact) mass is 427 g/mol. The van der Waals surface area contributed by atoms with Crippen LogP contribution in [0.4, 0.5) is 5.69 Å². The summed E-state index contributed by atoms with van der Waals surface area (Å²) in [4.78, 5) is 27.8. The van der Waals surface area contributed by atoms with Gasteiger partial charge in [0.05, 0.1) is 12.6 Å². The first kappa shape index (κ1) is 21.8. The highest BCUT2D eigenvalue weighted by Crippen LogP contribution is 2.29. The fraction of sp³-hybridized carbons (Fsp3) is 0.259. The summed E-state index contributed by atoms with van der Waals surface area (Å²) in [5, 5.41) is 5.88. The Kier molecular flexibility index (Phi) is 6.66. The molecular formula is C27H29N3O2. The van der Waals surface area contributed by atoms with Gasteiger partial charge in [-0.2, -0.15) is 0 Å². The van der Waals surface area contributed by atoms with Crippen molar-refractivity contribution in [3.8, 4) is 11.1 Å². The van der Waals surface area contributed by atoms with E-state index in [-0.39, 0.29) is 17.9 Å². The minimum atomic E-state index is -0.547. The maximum atomic E-state index is 13.5. The summed E-state index contributed by atoms with van der Waals surface area (Å²) < 4.78 is 0. The van der Waals surface area contributed by atoms with Gasteiger partial charge >= 0.3 is 0 Å². The number of carbonyl (C=O) groups is 2. The van der Waals surface area contributed by atoms with Gasteiger partial charge < -0.3 is 15.5 Å². The molecule has 0 spiro atoms. The van der Waals surface area contributed by atoms with Crippen LogP contribution in [0.1, 0.15) is 24.5 Å². The highest BCUT2D eigenvalue weighted by atomic mass is 16.2. The smallest absolute Gasteiger partial charge is 0.249 e. The normalized spacial score (nSPS) is 16.8. The van der Waals surface area contributed by atoms with Crippen LogP contribution in [0.25, 0.3) is 11.1 Å². The number of hydrogen-bond donors (Lipinski definition) is 2. The van der Waals surface area contributed by atoms with Gasteiger partial charge in [0.15, 0.2) is 0 Å². The van der Waals surface area contributed by atoms with Crippen LogP contribution < -0.4 is 15.5 Å². The summed E-state index contributed by atoms with van der Waals surface area (Å²) in [6.07, 6.45) is 1.33. The van der Waals surface area contributed by atoms with E-state index in [4.69, 9.17) is 0 Å². The predicted octanol–water partition coefficient (Wildman–Crippen LogP) is 3.93. The van der Waals surface area contributed by atoms with E-state index < -0.39 is 6.04 Å². The number of rotatable bonds is 6. The largest absolute Gasteiger partial charge is 0.343 e. The summed E-state index contributed by atoms with van der Waals surface area (Å²) in [6, 6.07) is 25.7. The molecule has 0 fully saturated rings. The van der Waals surface area contributed by atoms with Gasteiger partial charge in [-0.25, -0.2) is 0 Å². The van der Waals surface area contributed by atoms with E-state index >= 15 is 0 Å². The van der Waals surface area contributed by atoms with Crippen molar-refractivity contribution in [2.45, 2.75) is 38.4 Å². The van der Waals surface area contributed by atoms with Gasteiger partial charge in [0.2, 0.25) is 11.8 Å². The number of anilines is 1. The molecule has 3 aromatic rings. The zero-order valence-electron chi connectivity index (χ0n) is 18.5. The lowest BCUT2D eigenvalue weighted by Gasteiger charge is -2.27.